The predicted octanol–water partition coefficient (Wildman–Crippen LogP) is -1.85. The first-order valence-corrected chi connectivity index (χ1v) is 13.9. The molecule has 2 saturated heterocycles. The number of aromatic hydroxyl groups is 3. The van der Waals surface area contributed by atoms with Crippen molar-refractivity contribution in [3.63, 3.8) is 0 Å². The van der Waals surface area contributed by atoms with E-state index in [-0.39, 0.29) is 11.5 Å². The maximum atomic E-state index is 12.9. The molecule has 2 aliphatic rings. The van der Waals surface area contributed by atoms with Gasteiger partial charge in [-0.2, -0.15) is 0 Å². The number of carbonyl (C=O) groups excluding carboxylic acids is 1. The standard InChI is InChI=1S/C29H32O17/c1-10(31)41-9-18-21(36)23(38)25(40)28(45-18)46-27-24(39)20(35)17(8-30)44-29(27)43-16-7-14(34)19-13(33)6-15(42-26(19)22(16)37)11-2-4-12(32)5-3-11/h2-7,17-18,20-21,23-25,27-30,32,34-40H,8-9H2,1H3/t17-,18+,20-,21-,23+,24+,25+,27-,28+,29-/m1/s1. The minimum atomic E-state index is -1.95. The van der Waals surface area contributed by atoms with E-state index >= 15 is 0 Å². The summed E-state index contributed by atoms with van der Waals surface area (Å²) in [6.45, 7) is -0.298. The van der Waals surface area contributed by atoms with Crippen LogP contribution in [0.15, 0.2) is 45.6 Å². The fourth-order valence-corrected chi connectivity index (χ4v) is 5.08. The smallest absolute Gasteiger partial charge is 0.302 e. The Morgan fingerprint density at radius 3 is 2.15 bits per heavy atom. The minimum Gasteiger partial charge on any atom is -0.508 e. The fraction of sp³-hybridized carbons (Fsp3) is 0.448. The Labute approximate surface area is 258 Å². The van der Waals surface area contributed by atoms with Gasteiger partial charge in [-0.3, -0.25) is 9.59 Å². The summed E-state index contributed by atoms with van der Waals surface area (Å²) < 4.78 is 33.0. The van der Waals surface area contributed by atoms with Gasteiger partial charge >= 0.3 is 5.97 Å². The van der Waals surface area contributed by atoms with Crippen molar-refractivity contribution in [3.05, 3.63) is 46.6 Å². The first-order chi connectivity index (χ1) is 21.8. The zero-order chi connectivity index (χ0) is 33.4. The van der Waals surface area contributed by atoms with Crippen LogP contribution in [0.2, 0.25) is 0 Å². The summed E-state index contributed by atoms with van der Waals surface area (Å²) in [5.74, 6) is -2.94. The van der Waals surface area contributed by atoms with Crippen molar-refractivity contribution in [3.8, 4) is 34.3 Å². The molecule has 10 atom stereocenters. The molecule has 2 aromatic carbocycles. The van der Waals surface area contributed by atoms with Crippen molar-refractivity contribution < 1.29 is 78.9 Å². The van der Waals surface area contributed by atoms with Crippen LogP contribution in [-0.2, 0) is 23.7 Å². The lowest BCUT2D eigenvalue weighted by Crippen LogP contribution is -2.65. The Bertz CT molecular complexity index is 1610. The zero-order valence-electron chi connectivity index (χ0n) is 23.9. The molecule has 0 saturated carbocycles. The number of fused-ring (bicyclic) bond motifs is 1. The highest BCUT2D eigenvalue weighted by Crippen LogP contribution is 2.42. The number of hydrogen-bond acceptors (Lipinski definition) is 17. The molecular weight excluding hydrogens is 620 g/mol. The molecule has 2 aliphatic heterocycles. The number of aliphatic hydroxyl groups is 6. The number of rotatable bonds is 8. The van der Waals surface area contributed by atoms with Crippen molar-refractivity contribution >= 4 is 16.9 Å². The first-order valence-electron chi connectivity index (χ1n) is 13.9. The van der Waals surface area contributed by atoms with Gasteiger partial charge in [-0.1, -0.05) is 0 Å². The zero-order valence-corrected chi connectivity index (χ0v) is 23.9. The molecule has 0 radical (unpaired) electrons. The van der Waals surface area contributed by atoms with Crippen LogP contribution in [-0.4, -0.2) is 127 Å². The van der Waals surface area contributed by atoms with Gasteiger partial charge in [0.25, 0.3) is 0 Å². The van der Waals surface area contributed by atoms with Crippen LogP contribution in [0.25, 0.3) is 22.3 Å². The number of phenolic OH excluding ortho intramolecular Hbond substituents is 3. The number of carbonyl (C=O) groups is 1. The van der Waals surface area contributed by atoms with E-state index in [0.717, 1.165) is 19.1 Å². The van der Waals surface area contributed by atoms with E-state index in [9.17, 15) is 55.5 Å². The Hall–Kier alpha value is -4.04. The molecule has 2 fully saturated rings. The third kappa shape index (κ3) is 6.45. The highest BCUT2D eigenvalue weighted by atomic mass is 16.8. The number of ether oxygens (including phenoxy) is 5. The topological polar surface area (TPSA) is 275 Å². The summed E-state index contributed by atoms with van der Waals surface area (Å²) >= 11 is 0. The van der Waals surface area contributed by atoms with Gasteiger partial charge in [0.15, 0.2) is 29.2 Å². The lowest BCUT2D eigenvalue weighted by Gasteiger charge is -2.45. The second-order valence-electron chi connectivity index (χ2n) is 10.7. The normalized spacial score (nSPS) is 31.5. The van der Waals surface area contributed by atoms with Gasteiger partial charge < -0.3 is 74.1 Å². The van der Waals surface area contributed by atoms with Gasteiger partial charge in [-0.05, 0) is 24.3 Å². The maximum Gasteiger partial charge on any atom is 0.302 e. The Kier molecular flexibility index (Phi) is 9.68. The Morgan fingerprint density at radius 1 is 0.848 bits per heavy atom. The van der Waals surface area contributed by atoms with E-state index in [4.69, 9.17) is 28.1 Å². The molecule has 250 valence electrons. The Balaban J connectivity index is 1.49. The highest BCUT2D eigenvalue weighted by Gasteiger charge is 2.51. The molecule has 0 amide bonds. The molecule has 0 aliphatic carbocycles. The molecule has 5 rings (SSSR count). The summed E-state index contributed by atoms with van der Waals surface area (Å²) in [7, 11) is 0. The van der Waals surface area contributed by atoms with Crippen LogP contribution in [0.4, 0.5) is 0 Å². The number of aliphatic hydroxyl groups excluding tert-OH is 6. The van der Waals surface area contributed by atoms with Crippen LogP contribution in [0.1, 0.15) is 6.92 Å². The summed E-state index contributed by atoms with van der Waals surface area (Å²) in [6, 6.07) is 7.43. The van der Waals surface area contributed by atoms with Gasteiger partial charge in [-0.15, -0.1) is 0 Å². The number of esters is 1. The second-order valence-corrected chi connectivity index (χ2v) is 10.7. The molecule has 17 heteroatoms. The van der Waals surface area contributed by atoms with Crippen LogP contribution < -0.4 is 10.2 Å². The molecule has 46 heavy (non-hydrogen) atoms. The molecule has 17 nitrogen and oxygen atoms in total. The van der Waals surface area contributed by atoms with Crippen molar-refractivity contribution in [2.24, 2.45) is 0 Å². The van der Waals surface area contributed by atoms with Crippen molar-refractivity contribution in [1.82, 2.24) is 0 Å². The van der Waals surface area contributed by atoms with Crippen LogP contribution in [0.5, 0.6) is 23.0 Å². The largest absolute Gasteiger partial charge is 0.508 e. The summed E-state index contributed by atoms with van der Waals surface area (Å²) in [6.07, 6.45) is -17.7. The molecule has 0 spiro atoms. The van der Waals surface area contributed by atoms with Crippen molar-refractivity contribution in [1.29, 1.82) is 0 Å². The van der Waals surface area contributed by atoms with E-state index in [1.54, 1.807) is 0 Å². The van der Waals surface area contributed by atoms with Gasteiger partial charge in [0, 0.05) is 24.6 Å². The van der Waals surface area contributed by atoms with E-state index in [0.29, 0.717) is 5.56 Å². The SMILES string of the molecule is CC(=O)OC[C@@H]1O[C@@H](O[C@H]2[C@H](Oc3cc(O)c4c(=O)cc(-c5ccc(O)cc5)oc4c3O)O[C@H](CO)[C@@H](O)[C@@H]2O)[C@@H](O)[C@@H](O)[C@@H]1O. The summed E-state index contributed by atoms with van der Waals surface area (Å²) in [5.41, 5.74) is -0.931. The van der Waals surface area contributed by atoms with E-state index in [2.05, 4.69) is 0 Å². The first kappa shape index (κ1) is 33.3. The van der Waals surface area contributed by atoms with Gasteiger partial charge in [0.1, 0.15) is 72.0 Å². The van der Waals surface area contributed by atoms with Gasteiger partial charge in [0.2, 0.25) is 12.0 Å². The third-order valence-electron chi connectivity index (χ3n) is 7.55. The average Bonchev–Trinajstić information content (AvgIpc) is 3.02. The molecule has 0 unspecified atom stereocenters. The van der Waals surface area contributed by atoms with Crippen molar-refractivity contribution in [2.45, 2.75) is 68.3 Å². The average molecular weight is 653 g/mol. The number of benzene rings is 2. The maximum absolute atomic E-state index is 12.9. The van der Waals surface area contributed by atoms with Crippen LogP contribution in [0.3, 0.4) is 0 Å². The summed E-state index contributed by atoms with van der Waals surface area (Å²) in [5, 5.41) is 93.3. The van der Waals surface area contributed by atoms with Crippen molar-refractivity contribution in [2.75, 3.05) is 13.2 Å². The Morgan fingerprint density at radius 2 is 1.50 bits per heavy atom. The van der Waals surface area contributed by atoms with Gasteiger partial charge in [-0.25, -0.2) is 0 Å². The molecule has 1 aromatic heterocycles. The third-order valence-corrected chi connectivity index (χ3v) is 7.55. The van der Waals surface area contributed by atoms with E-state index in [1.165, 1.54) is 24.3 Å². The second kappa shape index (κ2) is 13.4. The molecule has 0 bridgehead atoms. The molecule has 3 aromatic rings. The van der Waals surface area contributed by atoms with E-state index in [1.807, 2.05) is 0 Å². The molecule has 9 N–H and O–H groups in total. The number of hydrogen-bond donors (Lipinski definition) is 9. The van der Waals surface area contributed by atoms with Gasteiger partial charge in [0.05, 0.1) is 6.61 Å². The van der Waals surface area contributed by atoms with E-state index < -0.39 is 114 Å². The highest BCUT2D eigenvalue weighted by molar-refractivity contribution is 5.91. The summed E-state index contributed by atoms with van der Waals surface area (Å²) in [4.78, 5) is 24.1. The predicted molar refractivity (Wildman–Crippen MR) is 149 cm³/mol. The monoisotopic (exact) mass is 652 g/mol. The number of phenols is 3. The minimum absolute atomic E-state index is 0.0501. The lowest BCUT2D eigenvalue weighted by atomic mass is 9.97. The fourth-order valence-electron chi connectivity index (χ4n) is 5.08. The van der Waals surface area contributed by atoms with Crippen LogP contribution >= 0.6 is 0 Å². The molecule has 3 heterocycles. The molecular formula is C29H32O17. The quantitative estimate of drug-likeness (QED) is 0.0954. The lowest BCUT2D eigenvalue weighted by molar-refractivity contribution is -0.358. The van der Waals surface area contributed by atoms with Crippen LogP contribution in [0, 0.1) is 0 Å².